The Kier molecular flexibility index (Phi) is 4.93. The molecule has 6 heteroatoms. The van der Waals surface area contributed by atoms with Gasteiger partial charge in [-0.1, -0.05) is 18.2 Å². The van der Waals surface area contributed by atoms with Crippen molar-refractivity contribution < 1.29 is 19.4 Å². The number of aliphatic hydroxyl groups excluding tert-OH is 1. The van der Waals surface area contributed by atoms with Gasteiger partial charge in [-0.15, -0.1) is 0 Å². The van der Waals surface area contributed by atoms with Gasteiger partial charge in [-0.2, -0.15) is 0 Å². The maximum absolute atomic E-state index is 12.1. The average Bonchev–Trinajstić information content (AvgIpc) is 2.96. The highest BCUT2D eigenvalue weighted by atomic mass is 16.5. The van der Waals surface area contributed by atoms with E-state index in [0.29, 0.717) is 32.7 Å². The highest BCUT2D eigenvalue weighted by Gasteiger charge is 2.26. The van der Waals surface area contributed by atoms with Gasteiger partial charge in [0.25, 0.3) is 5.91 Å². The number of aliphatic hydroxyl groups is 1. The maximum Gasteiger partial charge on any atom is 0.251 e. The lowest BCUT2D eigenvalue weighted by Crippen LogP contribution is -2.44. The molecule has 1 aromatic rings. The first-order valence-corrected chi connectivity index (χ1v) is 8.05. The molecule has 23 heavy (non-hydrogen) atoms. The van der Waals surface area contributed by atoms with Crippen molar-refractivity contribution in [1.82, 2.24) is 10.2 Å². The zero-order valence-corrected chi connectivity index (χ0v) is 13.1. The smallest absolute Gasteiger partial charge is 0.251 e. The molecular weight excluding hydrogens is 296 g/mol. The number of carbonyl (C=O) groups excluding carboxylic acids is 2. The largest absolute Gasteiger partial charge is 0.383 e. The average molecular weight is 318 g/mol. The number of fused-ring (bicyclic) bond motifs is 1. The van der Waals surface area contributed by atoms with Crippen LogP contribution in [0, 0.1) is 0 Å². The van der Waals surface area contributed by atoms with Crippen LogP contribution in [0.5, 0.6) is 0 Å². The standard InChI is InChI=1S/C17H22N2O4/c20-15-3-1-2-6-19(17(15)22)9-16(21)18-8-12-4-5-13-10-23-11-14(13)7-12/h4-5,7,15,20H,1-3,6,8-11H2,(H,18,21). The van der Waals surface area contributed by atoms with Crippen molar-refractivity contribution in [3.8, 4) is 0 Å². The normalized spacial score (nSPS) is 21.0. The molecule has 6 nitrogen and oxygen atoms in total. The fourth-order valence-electron chi connectivity index (χ4n) is 3.01. The summed E-state index contributed by atoms with van der Waals surface area (Å²) >= 11 is 0. The molecule has 2 N–H and O–H groups in total. The molecule has 2 aliphatic heterocycles. The minimum absolute atomic E-state index is 0.00391. The molecule has 1 atom stereocenters. The van der Waals surface area contributed by atoms with Gasteiger partial charge >= 0.3 is 0 Å². The number of rotatable bonds is 4. The van der Waals surface area contributed by atoms with Crippen molar-refractivity contribution in [2.24, 2.45) is 0 Å². The van der Waals surface area contributed by atoms with Gasteiger partial charge in [0, 0.05) is 13.1 Å². The minimum Gasteiger partial charge on any atom is -0.383 e. The molecule has 1 unspecified atom stereocenters. The molecule has 0 bridgehead atoms. The van der Waals surface area contributed by atoms with E-state index in [9.17, 15) is 14.7 Å². The third-order valence-electron chi connectivity index (χ3n) is 4.36. The summed E-state index contributed by atoms with van der Waals surface area (Å²) in [5.74, 6) is -0.545. The highest BCUT2D eigenvalue weighted by molar-refractivity contribution is 5.87. The molecule has 0 aliphatic carbocycles. The quantitative estimate of drug-likeness (QED) is 0.857. The molecule has 0 spiro atoms. The van der Waals surface area contributed by atoms with Crippen LogP contribution in [0.2, 0.25) is 0 Å². The van der Waals surface area contributed by atoms with Crippen molar-refractivity contribution in [2.75, 3.05) is 13.1 Å². The molecule has 124 valence electrons. The number of carbonyl (C=O) groups is 2. The van der Waals surface area contributed by atoms with Crippen LogP contribution >= 0.6 is 0 Å². The van der Waals surface area contributed by atoms with Crippen molar-refractivity contribution in [2.45, 2.75) is 45.1 Å². The van der Waals surface area contributed by atoms with Gasteiger partial charge in [-0.25, -0.2) is 0 Å². The van der Waals surface area contributed by atoms with Crippen LogP contribution in [0.15, 0.2) is 18.2 Å². The molecule has 2 aliphatic rings. The van der Waals surface area contributed by atoms with Gasteiger partial charge < -0.3 is 20.1 Å². The molecule has 2 amide bonds. The molecule has 0 radical (unpaired) electrons. The van der Waals surface area contributed by atoms with Crippen molar-refractivity contribution in [3.05, 3.63) is 34.9 Å². The summed E-state index contributed by atoms with van der Waals surface area (Å²) in [6, 6.07) is 6.05. The van der Waals surface area contributed by atoms with Crippen LogP contribution in [-0.2, 0) is 34.1 Å². The second kappa shape index (κ2) is 7.10. The Bertz CT molecular complexity index is 602. The van der Waals surface area contributed by atoms with Gasteiger partial charge in [0.1, 0.15) is 6.10 Å². The number of amides is 2. The number of benzene rings is 1. The van der Waals surface area contributed by atoms with E-state index >= 15 is 0 Å². The Balaban J connectivity index is 1.52. The van der Waals surface area contributed by atoms with Crippen LogP contribution < -0.4 is 5.32 Å². The summed E-state index contributed by atoms with van der Waals surface area (Å²) in [5, 5.41) is 12.5. The van der Waals surface area contributed by atoms with E-state index in [1.807, 2.05) is 18.2 Å². The summed E-state index contributed by atoms with van der Waals surface area (Å²) < 4.78 is 5.37. The van der Waals surface area contributed by atoms with Crippen molar-refractivity contribution in [1.29, 1.82) is 0 Å². The van der Waals surface area contributed by atoms with Crippen LogP contribution in [0.25, 0.3) is 0 Å². The molecule has 1 fully saturated rings. The van der Waals surface area contributed by atoms with Crippen LogP contribution in [0.3, 0.4) is 0 Å². The van der Waals surface area contributed by atoms with E-state index in [2.05, 4.69) is 5.32 Å². The van der Waals surface area contributed by atoms with E-state index in [-0.39, 0.29) is 18.4 Å². The van der Waals surface area contributed by atoms with E-state index in [1.54, 1.807) is 0 Å². The van der Waals surface area contributed by atoms with Crippen LogP contribution in [0.1, 0.15) is 36.0 Å². The molecule has 0 saturated carbocycles. The van der Waals surface area contributed by atoms with Gasteiger partial charge in [-0.3, -0.25) is 9.59 Å². The Morgan fingerprint density at radius 2 is 2.13 bits per heavy atom. The fourth-order valence-corrected chi connectivity index (χ4v) is 3.01. The van der Waals surface area contributed by atoms with E-state index in [1.165, 1.54) is 16.0 Å². The van der Waals surface area contributed by atoms with E-state index < -0.39 is 6.10 Å². The first-order valence-electron chi connectivity index (χ1n) is 8.05. The maximum atomic E-state index is 12.1. The second-order valence-electron chi connectivity index (χ2n) is 6.14. The fraction of sp³-hybridized carbons (Fsp3) is 0.529. The molecule has 0 aromatic heterocycles. The Hall–Kier alpha value is -1.92. The van der Waals surface area contributed by atoms with Crippen LogP contribution in [-0.4, -0.2) is 41.0 Å². The number of ether oxygens (including phenoxy) is 1. The number of nitrogens with zero attached hydrogens (tertiary/aromatic N) is 1. The summed E-state index contributed by atoms with van der Waals surface area (Å²) in [5.41, 5.74) is 3.39. The Morgan fingerprint density at radius 1 is 1.30 bits per heavy atom. The summed E-state index contributed by atoms with van der Waals surface area (Å²) in [6.07, 6.45) is 1.14. The second-order valence-corrected chi connectivity index (χ2v) is 6.14. The predicted molar refractivity (Wildman–Crippen MR) is 83.2 cm³/mol. The lowest BCUT2D eigenvalue weighted by molar-refractivity contribution is -0.142. The highest BCUT2D eigenvalue weighted by Crippen LogP contribution is 2.20. The number of hydrogen-bond donors (Lipinski definition) is 2. The lowest BCUT2D eigenvalue weighted by Gasteiger charge is -2.21. The zero-order chi connectivity index (χ0) is 16.2. The van der Waals surface area contributed by atoms with Gasteiger partial charge in [0.15, 0.2) is 0 Å². The number of hydrogen-bond acceptors (Lipinski definition) is 4. The molecule has 1 saturated heterocycles. The molecule has 3 rings (SSSR count). The van der Waals surface area contributed by atoms with Gasteiger partial charge in [0.2, 0.25) is 5.91 Å². The van der Waals surface area contributed by atoms with Crippen molar-refractivity contribution >= 4 is 11.8 Å². The number of likely N-dealkylation sites (tertiary alicyclic amines) is 1. The first kappa shape index (κ1) is 16.0. The minimum atomic E-state index is -0.970. The van der Waals surface area contributed by atoms with Crippen LogP contribution in [0.4, 0.5) is 0 Å². The molecule has 2 heterocycles. The first-order chi connectivity index (χ1) is 11.1. The summed E-state index contributed by atoms with van der Waals surface area (Å²) in [7, 11) is 0. The summed E-state index contributed by atoms with van der Waals surface area (Å²) in [6.45, 7) is 2.23. The Morgan fingerprint density at radius 3 is 3.00 bits per heavy atom. The van der Waals surface area contributed by atoms with E-state index in [4.69, 9.17) is 4.74 Å². The number of nitrogens with one attached hydrogen (secondary N) is 1. The molecular formula is C17H22N2O4. The van der Waals surface area contributed by atoms with Crippen molar-refractivity contribution in [3.63, 3.8) is 0 Å². The predicted octanol–water partition coefficient (Wildman–Crippen LogP) is 0.706. The van der Waals surface area contributed by atoms with Gasteiger partial charge in [0.05, 0.1) is 19.8 Å². The molecule has 1 aromatic carbocycles. The SMILES string of the molecule is O=C(CN1CCCCC(O)C1=O)NCc1ccc2c(c1)COC2. The third kappa shape index (κ3) is 3.89. The Labute approximate surface area is 135 Å². The zero-order valence-electron chi connectivity index (χ0n) is 13.1. The van der Waals surface area contributed by atoms with Gasteiger partial charge in [-0.05, 0) is 36.0 Å². The van der Waals surface area contributed by atoms with E-state index in [0.717, 1.165) is 18.4 Å². The third-order valence-corrected chi connectivity index (χ3v) is 4.36. The monoisotopic (exact) mass is 318 g/mol. The summed E-state index contributed by atoms with van der Waals surface area (Å²) in [4.78, 5) is 25.5. The lowest BCUT2D eigenvalue weighted by atomic mass is 10.1. The topological polar surface area (TPSA) is 78.9 Å².